The Hall–Kier alpha value is -3.13. The highest BCUT2D eigenvalue weighted by Gasteiger charge is 2.24. The van der Waals surface area contributed by atoms with E-state index in [-0.39, 0.29) is 18.4 Å². The molecule has 29 heavy (non-hydrogen) atoms. The molecule has 7 nitrogen and oxygen atoms in total. The van der Waals surface area contributed by atoms with E-state index in [0.29, 0.717) is 17.1 Å². The molecule has 8 heteroatoms. The molecule has 1 unspecified atom stereocenters. The quantitative estimate of drug-likeness (QED) is 0.572. The Bertz CT molecular complexity index is 1020. The average Bonchev–Trinajstić information content (AvgIpc) is 3.15. The molecule has 0 aliphatic carbocycles. The monoisotopic (exact) mass is 456 g/mol. The van der Waals surface area contributed by atoms with E-state index in [1.54, 1.807) is 37.7 Å². The predicted molar refractivity (Wildman–Crippen MR) is 113 cm³/mol. The number of ether oxygens (including phenoxy) is 1. The third-order valence-electron chi connectivity index (χ3n) is 4.37. The number of hydrogen-bond donors (Lipinski definition) is 2. The van der Waals surface area contributed by atoms with Gasteiger partial charge in [-0.15, -0.1) is 0 Å². The van der Waals surface area contributed by atoms with E-state index in [9.17, 15) is 9.59 Å². The van der Waals surface area contributed by atoms with Gasteiger partial charge in [0.2, 0.25) is 5.91 Å². The third kappa shape index (κ3) is 5.03. The molecule has 0 aliphatic heterocycles. The number of carbonyl (C=O) groups excluding carboxylic acids is 2. The Morgan fingerprint density at radius 3 is 2.69 bits per heavy atom. The minimum Gasteiger partial charge on any atom is -0.496 e. The lowest BCUT2D eigenvalue weighted by molar-refractivity contribution is -0.120. The summed E-state index contributed by atoms with van der Waals surface area (Å²) in [7, 11) is 3.43. The van der Waals surface area contributed by atoms with Gasteiger partial charge in [-0.2, -0.15) is 0 Å². The number of carbonyl (C=O) groups is 2. The molecule has 1 heterocycles. The van der Waals surface area contributed by atoms with E-state index in [1.165, 1.54) is 0 Å². The highest BCUT2D eigenvalue weighted by Crippen LogP contribution is 2.28. The highest BCUT2D eigenvalue weighted by molar-refractivity contribution is 9.10. The van der Waals surface area contributed by atoms with Crippen LogP contribution < -0.4 is 15.4 Å². The summed E-state index contributed by atoms with van der Waals surface area (Å²) < 4.78 is 8.07. The fourth-order valence-corrected chi connectivity index (χ4v) is 3.35. The number of para-hydroxylation sites is 1. The van der Waals surface area contributed by atoms with Crippen LogP contribution in [0.25, 0.3) is 0 Å². The van der Waals surface area contributed by atoms with Gasteiger partial charge in [-0.25, -0.2) is 4.98 Å². The lowest BCUT2D eigenvalue weighted by Gasteiger charge is -2.21. The van der Waals surface area contributed by atoms with Gasteiger partial charge >= 0.3 is 0 Å². The Balaban J connectivity index is 1.75. The topological polar surface area (TPSA) is 85.2 Å². The molecule has 0 saturated carbocycles. The summed E-state index contributed by atoms with van der Waals surface area (Å²) in [5.41, 5.74) is 1.24. The van der Waals surface area contributed by atoms with Crippen molar-refractivity contribution in [2.75, 3.05) is 13.7 Å². The molecule has 0 aliphatic rings. The Labute approximate surface area is 177 Å². The largest absolute Gasteiger partial charge is 0.496 e. The normalized spacial score (nSPS) is 11.6. The van der Waals surface area contributed by atoms with Crippen LogP contribution in [0.5, 0.6) is 5.75 Å². The summed E-state index contributed by atoms with van der Waals surface area (Å²) in [4.78, 5) is 29.3. The lowest BCUT2D eigenvalue weighted by atomic mass is 10.0. The number of halogens is 1. The number of nitrogens with one attached hydrogen (secondary N) is 2. The minimum absolute atomic E-state index is 0.165. The van der Waals surface area contributed by atoms with Gasteiger partial charge in [0.25, 0.3) is 5.91 Å². The molecule has 0 radical (unpaired) electrons. The molecule has 3 rings (SSSR count). The summed E-state index contributed by atoms with van der Waals surface area (Å²) in [6.07, 6.45) is 3.47. The Morgan fingerprint density at radius 1 is 1.21 bits per heavy atom. The van der Waals surface area contributed by atoms with Crippen molar-refractivity contribution < 1.29 is 14.3 Å². The van der Waals surface area contributed by atoms with Crippen LogP contribution in [0.1, 0.15) is 27.8 Å². The first-order valence-corrected chi connectivity index (χ1v) is 9.72. The maximum Gasteiger partial charge on any atom is 0.251 e. The summed E-state index contributed by atoms with van der Waals surface area (Å²) in [6, 6.07) is 13.9. The van der Waals surface area contributed by atoms with E-state index < -0.39 is 6.04 Å². The number of benzene rings is 2. The molecule has 0 fully saturated rings. The first-order valence-electron chi connectivity index (χ1n) is 8.93. The molecule has 1 atom stereocenters. The van der Waals surface area contributed by atoms with Crippen LogP contribution in [0.2, 0.25) is 0 Å². The molecule has 0 bridgehead atoms. The van der Waals surface area contributed by atoms with Gasteiger partial charge in [0.1, 0.15) is 17.6 Å². The predicted octanol–water partition coefficient (Wildman–Crippen LogP) is 2.83. The second kappa shape index (κ2) is 9.38. The number of nitrogens with zero attached hydrogens (tertiary/aromatic N) is 2. The third-order valence-corrected chi connectivity index (χ3v) is 4.86. The van der Waals surface area contributed by atoms with Gasteiger partial charge < -0.3 is 19.9 Å². The van der Waals surface area contributed by atoms with Crippen molar-refractivity contribution in [2.45, 2.75) is 6.04 Å². The van der Waals surface area contributed by atoms with Crippen molar-refractivity contribution in [2.24, 2.45) is 7.05 Å². The highest BCUT2D eigenvalue weighted by atomic mass is 79.9. The number of aromatic nitrogens is 2. The summed E-state index contributed by atoms with van der Waals surface area (Å²) in [6.45, 7) is -0.165. The Morgan fingerprint density at radius 2 is 2.00 bits per heavy atom. The van der Waals surface area contributed by atoms with Gasteiger partial charge in [0, 0.05) is 35.0 Å². The van der Waals surface area contributed by atoms with E-state index in [1.807, 2.05) is 41.9 Å². The SMILES string of the molecule is COc1ccccc1C(NC(=O)CNC(=O)c1cccc(Br)c1)c1nccn1C. The van der Waals surface area contributed by atoms with Crippen molar-refractivity contribution in [3.05, 3.63) is 82.3 Å². The van der Waals surface area contributed by atoms with E-state index in [4.69, 9.17) is 4.74 Å². The zero-order chi connectivity index (χ0) is 20.8. The molecular formula is C21H21BrN4O3. The molecule has 2 amide bonds. The number of rotatable bonds is 7. The number of imidazole rings is 1. The van der Waals surface area contributed by atoms with Crippen LogP contribution in [0.4, 0.5) is 0 Å². The summed E-state index contributed by atoms with van der Waals surface area (Å²) >= 11 is 3.33. The second-order valence-corrected chi connectivity index (χ2v) is 7.25. The maximum absolute atomic E-state index is 12.6. The molecule has 150 valence electrons. The molecule has 0 saturated heterocycles. The molecule has 2 aromatic carbocycles. The molecule has 2 N–H and O–H groups in total. The zero-order valence-corrected chi connectivity index (χ0v) is 17.6. The van der Waals surface area contributed by atoms with Crippen LogP contribution >= 0.6 is 15.9 Å². The zero-order valence-electron chi connectivity index (χ0n) is 16.1. The van der Waals surface area contributed by atoms with Gasteiger partial charge in [-0.05, 0) is 24.3 Å². The first kappa shape index (κ1) is 20.6. The van der Waals surface area contributed by atoms with Gasteiger partial charge in [0.05, 0.1) is 13.7 Å². The van der Waals surface area contributed by atoms with Crippen molar-refractivity contribution in [1.29, 1.82) is 0 Å². The van der Waals surface area contributed by atoms with Crippen LogP contribution in [0.15, 0.2) is 65.4 Å². The van der Waals surface area contributed by atoms with Crippen molar-refractivity contribution in [3.8, 4) is 5.75 Å². The second-order valence-electron chi connectivity index (χ2n) is 6.33. The lowest BCUT2D eigenvalue weighted by Crippen LogP contribution is -2.39. The van der Waals surface area contributed by atoms with Crippen molar-refractivity contribution in [3.63, 3.8) is 0 Å². The molecular weight excluding hydrogens is 436 g/mol. The van der Waals surface area contributed by atoms with Crippen LogP contribution in [-0.2, 0) is 11.8 Å². The van der Waals surface area contributed by atoms with Crippen LogP contribution in [0.3, 0.4) is 0 Å². The fourth-order valence-electron chi connectivity index (χ4n) is 2.95. The van der Waals surface area contributed by atoms with Gasteiger partial charge in [0.15, 0.2) is 0 Å². The van der Waals surface area contributed by atoms with E-state index in [0.717, 1.165) is 10.0 Å². The molecule has 1 aromatic heterocycles. The smallest absolute Gasteiger partial charge is 0.251 e. The Kier molecular flexibility index (Phi) is 6.66. The van der Waals surface area contributed by atoms with E-state index >= 15 is 0 Å². The van der Waals surface area contributed by atoms with Gasteiger partial charge in [-0.3, -0.25) is 9.59 Å². The maximum atomic E-state index is 12.6. The van der Waals surface area contributed by atoms with Crippen LogP contribution in [0, 0.1) is 0 Å². The summed E-state index contributed by atoms with van der Waals surface area (Å²) in [5, 5.41) is 5.58. The van der Waals surface area contributed by atoms with Gasteiger partial charge in [-0.1, -0.05) is 40.2 Å². The number of methoxy groups -OCH3 is 1. The first-order chi connectivity index (χ1) is 14.0. The number of amides is 2. The number of hydrogen-bond acceptors (Lipinski definition) is 4. The summed E-state index contributed by atoms with van der Waals surface area (Å²) in [5.74, 6) is 0.625. The van der Waals surface area contributed by atoms with E-state index in [2.05, 4.69) is 31.5 Å². The van der Waals surface area contributed by atoms with Crippen molar-refractivity contribution in [1.82, 2.24) is 20.2 Å². The van der Waals surface area contributed by atoms with Crippen LogP contribution in [-0.4, -0.2) is 35.0 Å². The molecule has 3 aromatic rings. The fraction of sp³-hybridized carbons (Fsp3) is 0.190. The van der Waals surface area contributed by atoms with Crippen molar-refractivity contribution >= 4 is 27.7 Å². The minimum atomic E-state index is -0.526. The molecule has 0 spiro atoms. The average molecular weight is 457 g/mol. The number of aryl methyl sites for hydroxylation is 1. The standard InChI is InChI=1S/C21H21BrN4O3/c1-26-11-10-23-20(26)19(16-8-3-4-9-17(16)29-2)25-18(27)13-24-21(28)14-6-5-7-15(22)12-14/h3-12,19H,13H2,1-2H3,(H,24,28)(H,25,27).